The largest absolute Gasteiger partial charge is 0.497 e. The molecule has 1 aliphatic rings. The molecule has 4 nitrogen and oxygen atoms in total. The quantitative estimate of drug-likeness (QED) is 0.912. The lowest BCUT2D eigenvalue weighted by atomic mass is 9.95. The molecule has 2 atom stereocenters. The van der Waals surface area contributed by atoms with Gasteiger partial charge in [0.25, 0.3) is 0 Å². The van der Waals surface area contributed by atoms with Crippen LogP contribution in [-0.2, 0) is 0 Å². The Labute approximate surface area is 118 Å². The average molecular weight is 271 g/mol. The van der Waals surface area contributed by atoms with Gasteiger partial charge in [-0.05, 0) is 25.1 Å². The first-order valence-electron chi connectivity index (χ1n) is 6.62. The number of ether oxygens (including phenoxy) is 2. The predicted octanol–water partition coefficient (Wildman–Crippen LogP) is 2.96. The van der Waals surface area contributed by atoms with Crippen LogP contribution in [0, 0.1) is 6.92 Å². The molecule has 0 aliphatic carbocycles. The van der Waals surface area contributed by atoms with E-state index in [0.29, 0.717) is 12.2 Å². The van der Waals surface area contributed by atoms with E-state index in [9.17, 15) is 5.11 Å². The maximum Gasteiger partial charge on any atom is 0.129 e. The second kappa shape index (κ2) is 5.13. The van der Waals surface area contributed by atoms with Gasteiger partial charge >= 0.3 is 0 Å². The van der Waals surface area contributed by atoms with Crippen molar-refractivity contribution in [3.05, 3.63) is 53.3 Å². The molecule has 104 valence electrons. The van der Waals surface area contributed by atoms with E-state index < -0.39 is 6.10 Å². The lowest BCUT2D eigenvalue weighted by Gasteiger charge is -2.30. The predicted molar refractivity (Wildman–Crippen MR) is 74.9 cm³/mol. The van der Waals surface area contributed by atoms with E-state index in [0.717, 1.165) is 22.6 Å². The lowest BCUT2D eigenvalue weighted by Crippen LogP contribution is -2.19. The van der Waals surface area contributed by atoms with Gasteiger partial charge in [-0.25, -0.2) is 0 Å². The number of aliphatic hydroxyl groups excluding tert-OH is 1. The minimum absolute atomic E-state index is 0.183. The molecule has 1 unspecified atom stereocenters. The summed E-state index contributed by atoms with van der Waals surface area (Å²) in [6.07, 6.45) is 1.62. The number of aryl methyl sites for hydroxylation is 1. The van der Waals surface area contributed by atoms with Crippen LogP contribution >= 0.6 is 0 Å². The van der Waals surface area contributed by atoms with Crippen molar-refractivity contribution in [3.63, 3.8) is 0 Å². The van der Waals surface area contributed by atoms with Gasteiger partial charge in [-0.2, -0.15) is 0 Å². The molecular weight excluding hydrogens is 254 g/mol. The van der Waals surface area contributed by atoms with Crippen LogP contribution in [0.3, 0.4) is 0 Å². The zero-order valence-corrected chi connectivity index (χ0v) is 11.5. The highest BCUT2D eigenvalue weighted by Gasteiger charge is 2.28. The zero-order valence-electron chi connectivity index (χ0n) is 11.5. The van der Waals surface area contributed by atoms with Crippen molar-refractivity contribution in [2.24, 2.45) is 0 Å². The molecule has 0 amide bonds. The molecular formula is C16H17NO3. The summed E-state index contributed by atoms with van der Waals surface area (Å²) in [5.41, 5.74) is 2.75. The number of pyridine rings is 1. The summed E-state index contributed by atoms with van der Waals surface area (Å²) in [4.78, 5) is 4.28. The van der Waals surface area contributed by atoms with Gasteiger partial charge < -0.3 is 14.6 Å². The molecule has 2 aromatic rings. The Morgan fingerprint density at radius 2 is 2.15 bits per heavy atom. The van der Waals surface area contributed by atoms with Gasteiger partial charge in [0.2, 0.25) is 0 Å². The number of hydrogen-bond donors (Lipinski definition) is 1. The fraction of sp³-hybridized carbons (Fsp3) is 0.312. The van der Waals surface area contributed by atoms with Crippen molar-refractivity contribution in [3.8, 4) is 11.5 Å². The van der Waals surface area contributed by atoms with E-state index >= 15 is 0 Å². The zero-order chi connectivity index (χ0) is 14.1. The van der Waals surface area contributed by atoms with Crippen LogP contribution in [0.15, 0.2) is 36.5 Å². The van der Waals surface area contributed by atoms with Gasteiger partial charge in [0, 0.05) is 35.5 Å². The third kappa shape index (κ3) is 2.34. The summed E-state index contributed by atoms with van der Waals surface area (Å²) in [5.74, 6) is 1.40. The molecule has 4 heteroatoms. The number of aromatic nitrogens is 1. The van der Waals surface area contributed by atoms with Crippen LogP contribution in [0.4, 0.5) is 0 Å². The highest BCUT2D eigenvalue weighted by Crippen LogP contribution is 2.42. The number of aliphatic hydroxyl groups is 1. The standard InChI is InChI=1S/C16H17NO3/c1-10-3-4-11(9-17-10)15-8-14(18)13-6-5-12(19-2)7-16(13)20-15/h3-7,9,14-15,18H,8H2,1-2H3/t14-,15?/m1/s1. The minimum Gasteiger partial charge on any atom is -0.497 e. The second-order valence-corrected chi connectivity index (χ2v) is 4.99. The van der Waals surface area contributed by atoms with E-state index in [4.69, 9.17) is 9.47 Å². The van der Waals surface area contributed by atoms with Crippen molar-refractivity contribution >= 4 is 0 Å². The molecule has 1 aliphatic heterocycles. The maximum atomic E-state index is 10.3. The molecule has 0 radical (unpaired) electrons. The van der Waals surface area contributed by atoms with E-state index in [-0.39, 0.29) is 6.10 Å². The van der Waals surface area contributed by atoms with Crippen molar-refractivity contribution in [1.29, 1.82) is 0 Å². The van der Waals surface area contributed by atoms with E-state index in [1.807, 2.05) is 37.3 Å². The number of methoxy groups -OCH3 is 1. The molecule has 0 saturated heterocycles. The van der Waals surface area contributed by atoms with E-state index in [1.54, 1.807) is 13.3 Å². The van der Waals surface area contributed by atoms with E-state index in [2.05, 4.69) is 4.98 Å². The van der Waals surface area contributed by atoms with Gasteiger partial charge in [0.15, 0.2) is 0 Å². The Balaban J connectivity index is 1.92. The molecule has 0 saturated carbocycles. The number of benzene rings is 1. The van der Waals surface area contributed by atoms with Gasteiger partial charge in [-0.1, -0.05) is 6.07 Å². The number of hydrogen-bond acceptors (Lipinski definition) is 4. The highest BCUT2D eigenvalue weighted by molar-refractivity contribution is 5.44. The number of fused-ring (bicyclic) bond motifs is 1. The molecule has 0 bridgehead atoms. The Morgan fingerprint density at radius 1 is 1.30 bits per heavy atom. The average Bonchev–Trinajstić information content (AvgIpc) is 2.47. The lowest BCUT2D eigenvalue weighted by molar-refractivity contribution is 0.0653. The fourth-order valence-electron chi connectivity index (χ4n) is 2.42. The third-order valence-corrected chi connectivity index (χ3v) is 3.59. The first kappa shape index (κ1) is 12.9. The SMILES string of the molecule is COc1ccc2c(c1)OC(c1ccc(C)nc1)C[C@H]2O. The van der Waals surface area contributed by atoms with E-state index in [1.165, 1.54) is 0 Å². The summed E-state index contributed by atoms with van der Waals surface area (Å²) >= 11 is 0. The molecule has 20 heavy (non-hydrogen) atoms. The third-order valence-electron chi connectivity index (χ3n) is 3.59. The number of nitrogens with zero attached hydrogens (tertiary/aromatic N) is 1. The van der Waals surface area contributed by atoms with Crippen LogP contribution in [-0.4, -0.2) is 17.2 Å². The van der Waals surface area contributed by atoms with Crippen LogP contribution in [0.5, 0.6) is 11.5 Å². The monoisotopic (exact) mass is 271 g/mol. The maximum absolute atomic E-state index is 10.3. The first-order chi connectivity index (χ1) is 9.67. The molecule has 2 heterocycles. The van der Waals surface area contributed by atoms with Gasteiger partial charge in [-0.3, -0.25) is 4.98 Å². The van der Waals surface area contributed by atoms with Gasteiger partial charge in [0.05, 0.1) is 13.2 Å². The Hall–Kier alpha value is -2.07. The normalized spacial score (nSPS) is 20.9. The molecule has 1 aromatic carbocycles. The molecule has 0 fully saturated rings. The smallest absolute Gasteiger partial charge is 0.129 e. The van der Waals surface area contributed by atoms with Crippen molar-refractivity contribution in [2.45, 2.75) is 25.6 Å². The minimum atomic E-state index is -0.532. The van der Waals surface area contributed by atoms with Crippen molar-refractivity contribution in [2.75, 3.05) is 7.11 Å². The van der Waals surface area contributed by atoms with Gasteiger partial charge in [-0.15, -0.1) is 0 Å². The Kier molecular flexibility index (Phi) is 3.32. The van der Waals surface area contributed by atoms with Gasteiger partial charge in [0.1, 0.15) is 17.6 Å². The summed E-state index contributed by atoms with van der Waals surface area (Å²) in [5, 5.41) is 10.3. The van der Waals surface area contributed by atoms with Crippen molar-refractivity contribution < 1.29 is 14.6 Å². The fourth-order valence-corrected chi connectivity index (χ4v) is 2.42. The second-order valence-electron chi connectivity index (χ2n) is 4.99. The summed E-state index contributed by atoms with van der Waals surface area (Å²) in [6, 6.07) is 9.44. The first-order valence-corrected chi connectivity index (χ1v) is 6.62. The highest BCUT2D eigenvalue weighted by atomic mass is 16.5. The van der Waals surface area contributed by atoms with Crippen molar-refractivity contribution in [1.82, 2.24) is 4.98 Å². The topological polar surface area (TPSA) is 51.6 Å². The summed E-state index contributed by atoms with van der Waals surface area (Å²) < 4.78 is 11.2. The number of rotatable bonds is 2. The summed E-state index contributed by atoms with van der Waals surface area (Å²) in [7, 11) is 1.61. The Morgan fingerprint density at radius 3 is 2.85 bits per heavy atom. The Bertz CT molecular complexity index is 610. The molecule has 1 N–H and O–H groups in total. The van der Waals surface area contributed by atoms with Crippen LogP contribution in [0.1, 0.15) is 35.4 Å². The van der Waals surface area contributed by atoms with Crippen LogP contribution in [0.2, 0.25) is 0 Å². The molecule has 0 spiro atoms. The summed E-state index contributed by atoms with van der Waals surface area (Å²) in [6.45, 7) is 1.94. The molecule has 1 aromatic heterocycles. The molecule has 3 rings (SSSR count). The van der Waals surface area contributed by atoms with Crippen LogP contribution in [0.25, 0.3) is 0 Å². The van der Waals surface area contributed by atoms with Crippen LogP contribution < -0.4 is 9.47 Å².